The third-order valence-corrected chi connectivity index (χ3v) is 6.97. The molecule has 4 rings (SSSR count). The number of fused-ring (bicyclic) bond motifs is 1. The third kappa shape index (κ3) is 4.06. The molecule has 0 radical (unpaired) electrons. The first kappa shape index (κ1) is 21.4. The Morgan fingerprint density at radius 2 is 1.97 bits per heavy atom. The van der Waals surface area contributed by atoms with Crippen molar-refractivity contribution in [3.63, 3.8) is 0 Å². The Kier molecular flexibility index (Phi) is 5.78. The van der Waals surface area contributed by atoms with Gasteiger partial charge in [-0.25, -0.2) is 21.2 Å². The SMILES string of the molecule is CNCc1cn(S(=O)(=O)c2cccnc2)c2cc(Nc3c(F)cc(F)cc3Br)ccc12. The molecule has 31 heavy (non-hydrogen) atoms. The van der Waals surface area contributed by atoms with Crippen molar-refractivity contribution < 1.29 is 17.2 Å². The Bertz CT molecular complexity index is 1350. The third-order valence-electron chi connectivity index (χ3n) is 4.69. The van der Waals surface area contributed by atoms with Crippen LogP contribution in [0.15, 0.2) is 70.4 Å². The van der Waals surface area contributed by atoms with Gasteiger partial charge in [0, 0.05) is 46.7 Å². The Morgan fingerprint density at radius 3 is 2.65 bits per heavy atom. The minimum Gasteiger partial charge on any atom is -0.352 e. The molecule has 160 valence electrons. The van der Waals surface area contributed by atoms with E-state index in [2.05, 4.69) is 31.5 Å². The van der Waals surface area contributed by atoms with Crippen molar-refractivity contribution in [3.05, 3.63) is 82.7 Å². The number of halogens is 3. The normalized spacial score (nSPS) is 11.7. The van der Waals surface area contributed by atoms with E-state index >= 15 is 0 Å². The van der Waals surface area contributed by atoms with Crippen molar-refractivity contribution in [1.82, 2.24) is 14.3 Å². The van der Waals surface area contributed by atoms with Gasteiger partial charge < -0.3 is 10.6 Å². The molecule has 2 heterocycles. The second-order valence-electron chi connectivity index (χ2n) is 6.78. The molecular formula is C21H17BrF2N4O2S. The summed E-state index contributed by atoms with van der Waals surface area (Å²) >= 11 is 3.15. The molecule has 0 aliphatic rings. The Balaban J connectivity index is 1.86. The highest BCUT2D eigenvalue weighted by Crippen LogP contribution is 2.33. The van der Waals surface area contributed by atoms with E-state index in [4.69, 9.17) is 0 Å². The van der Waals surface area contributed by atoms with Crippen LogP contribution in [-0.4, -0.2) is 24.4 Å². The lowest BCUT2D eigenvalue weighted by molar-refractivity contribution is 0.584. The summed E-state index contributed by atoms with van der Waals surface area (Å²) in [6.45, 7) is 0.455. The molecule has 0 saturated heterocycles. The van der Waals surface area contributed by atoms with E-state index in [1.165, 1.54) is 22.4 Å². The van der Waals surface area contributed by atoms with Crippen LogP contribution in [0.5, 0.6) is 0 Å². The molecule has 6 nitrogen and oxygen atoms in total. The van der Waals surface area contributed by atoms with Gasteiger partial charge in [0.1, 0.15) is 10.7 Å². The number of pyridine rings is 1. The van der Waals surface area contributed by atoms with Crippen LogP contribution in [0.1, 0.15) is 5.56 Å². The molecule has 0 bridgehead atoms. The zero-order valence-electron chi connectivity index (χ0n) is 16.2. The monoisotopic (exact) mass is 506 g/mol. The summed E-state index contributed by atoms with van der Waals surface area (Å²) in [7, 11) is -2.14. The van der Waals surface area contributed by atoms with Crippen LogP contribution < -0.4 is 10.6 Å². The number of aromatic nitrogens is 2. The molecule has 2 aromatic carbocycles. The van der Waals surface area contributed by atoms with Gasteiger partial charge in [0.05, 0.1) is 11.2 Å². The van der Waals surface area contributed by atoms with Crippen LogP contribution in [0.2, 0.25) is 0 Å². The van der Waals surface area contributed by atoms with Crippen LogP contribution in [0.4, 0.5) is 20.2 Å². The largest absolute Gasteiger partial charge is 0.352 e. The van der Waals surface area contributed by atoms with Gasteiger partial charge in [0.2, 0.25) is 0 Å². The lowest BCUT2D eigenvalue weighted by Crippen LogP contribution is -2.12. The maximum absolute atomic E-state index is 14.3. The minimum atomic E-state index is -3.91. The zero-order valence-corrected chi connectivity index (χ0v) is 18.6. The lowest BCUT2D eigenvalue weighted by Gasteiger charge is -2.12. The van der Waals surface area contributed by atoms with Crippen molar-refractivity contribution in [2.75, 3.05) is 12.4 Å². The van der Waals surface area contributed by atoms with Gasteiger partial charge in [-0.05, 0) is 58.9 Å². The molecule has 0 spiro atoms. The van der Waals surface area contributed by atoms with E-state index in [9.17, 15) is 17.2 Å². The Hall–Kier alpha value is -2.82. The number of anilines is 2. The van der Waals surface area contributed by atoms with E-state index < -0.39 is 21.7 Å². The molecule has 0 fully saturated rings. The van der Waals surface area contributed by atoms with Crippen molar-refractivity contribution in [3.8, 4) is 0 Å². The minimum absolute atomic E-state index is 0.0458. The molecule has 2 aromatic heterocycles. The number of hydrogen-bond acceptors (Lipinski definition) is 5. The van der Waals surface area contributed by atoms with Gasteiger partial charge >= 0.3 is 0 Å². The van der Waals surface area contributed by atoms with Crippen LogP contribution in [0, 0.1) is 11.6 Å². The summed E-state index contributed by atoms with van der Waals surface area (Å²) in [5, 5.41) is 6.65. The number of nitrogens with one attached hydrogen (secondary N) is 2. The molecule has 0 atom stereocenters. The topological polar surface area (TPSA) is 76.0 Å². The summed E-state index contributed by atoms with van der Waals surface area (Å²) in [6.07, 6.45) is 4.34. The number of benzene rings is 2. The zero-order chi connectivity index (χ0) is 22.2. The van der Waals surface area contributed by atoms with E-state index in [0.29, 0.717) is 17.7 Å². The molecule has 2 N–H and O–H groups in total. The maximum atomic E-state index is 14.3. The highest BCUT2D eigenvalue weighted by atomic mass is 79.9. The molecule has 10 heteroatoms. The first-order valence-electron chi connectivity index (χ1n) is 9.17. The molecule has 0 aliphatic heterocycles. The van der Waals surface area contributed by atoms with Gasteiger partial charge in [-0.1, -0.05) is 6.07 Å². The van der Waals surface area contributed by atoms with Gasteiger partial charge in [0.15, 0.2) is 5.82 Å². The molecular weight excluding hydrogens is 490 g/mol. The van der Waals surface area contributed by atoms with Crippen molar-refractivity contribution in [2.45, 2.75) is 11.4 Å². The first-order chi connectivity index (χ1) is 14.8. The van der Waals surface area contributed by atoms with Gasteiger partial charge in [0.25, 0.3) is 10.0 Å². The quantitative estimate of drug-likeness (QED) is 0.393. The fraction of sp³-hybridized carbons (Fsp3) is 0.0952. The molecule has 0 saturated carbocycles. The summed E-state index contributed by atoms with van der Waals surface area (Å²) in [4.78, 5) is 3.95. The maximum Gasteiger partial charge on any atom is 0.269 e. The van der Waals surface area contributed by atoms with E-state index in [-0.39, 0.29) is 15.1 Å². The lowest BCUT2D eigenvalue weighted by atomic mass is 10.1. The standard InChI is InChI=1S/C21H17BrF2N4O2S/c1-25-10-13-12-28(31(29,30)16-3-2-6-26-11-16)20-9-15(4-5-17(13)20)27-21-18(22)7-14(23)8-19(21)24/h2-9,11-12,25,27H,10H2,1H3. The molecule has 4 aromatic rings. The van der Waals surface area contributed by atoms with E-state index in [0.717, 1.165) is 23.1 Å². The van der Waals surface area contributed by atoms with Crippen LogP contribution in [0.3, 0.4) is 0 Å². The summed E-state index contributed by atoms with van der Waals surface area (Å²) in [5.41, 5.74) is 1.68. The fourth-order valence-electron chi connectivity index (χ4n) is 3.29. The average Bonchev–Trinajstić information content (AvgIpc) is 3.10. The van der Waals surface area contributed by atoms with Crippen molar-refractivity contribution in [1.29, 1.82) is 0 Å². The second-order valence-corrected chi connectivity index (χ2v) is 9.44. The number of nitrogens with zero attached hydrogens (tertiary/aromatic N) is 2. The van der Waals surface area contributed by atoms with Crippen LogP contribution in [0.25, 0.3) is 10.9 Å². The summed E-state index contributed by atoms with van der Waals surface area (Å²) < 4.78 is 55.6. The van der Waals surface area contributed by atoms with Gasteiger partial charge in [-0.15, -0.1) is 0 Å². The fourth-order valence-corrected chi connectivity index (χ4v) is 5.15. The number of hydrogen-bond donors (Lipinski definition) is 2. The summed E-state index contributed by atoms with van der Waals surface area (Å²) in [5.74, 6) is -1.49. The van der Waals surface area contributed by atoms with Crippen molar-refractivity contribution in [2.24, 2.45) is 0 Å². The van der Waals surface area contributed by atoms with Gasteiger partial charge in [-0.3, -0.25) is 4.98 Å². The predicted molar refractivity (Wildman–Crippen MR) is 119 cm³/mol. The van der Waals surface area contributed by atoms with Crippen LogP contribution >= 0.6 is 15.9 Å². The highest BCUT2D eigenvalue weighted by molar-refractivity contribution is 9.10. The average molecular weight is 507 g/mol. The van der Waals surface area contributed by atoms with Crippen LogP contribution in [-0.2, 0) is 16.6 Å². The smallest absolute Gasteiger partial charge is 0.269 e. The molecule has 0 amide bonds. The molecule has 0 aliphatic carbocycles. The predicted octanol–water partition coefficient (Wildman–Crippen LogP) is 4.78. The number of rotatable bonds is 6. The summed E-state index contributed by atoms with van der Waals surface area (Å²) in [6, 6.07) is 10.0. The second kappa shape index (κ2) is 8.37. The van der Waals surface area contributed by atoms with E-state index in [1.807, 2.05) is 0 Å². The van der Waals surface area contributed by atoms with Crippen molar-refractivity contribution >= 4 is 48.2 Å². The first-order valence-corrected chi connectivity index (χ1v) is 11.4. The molecule has 0 unspecified atom stereocenters. The Labute approximate surface area is 186 Å². The highest BCUT2D eigenvalue weighted by Gasteiger charge is 2.22. The Morgan fingerprint density at radius 1 is 1.16 bits per heavy atom. The van der Waals surface area contributed by atoms with E-state index in [1.54, 1.807) is 37.5 Å². The van der Waals surface area contributed by atoms with Gasteiger partial charge in [-0.2, -0.15) is 0 Å².